The SMILES string of the molecule is CNC(=O)C(=O)CC[C@H](NC(=O)c1sc(C(F)(F)F)nc1C)C(=O)Nc1cccn(CC(=O)NC23CC4CC(C)(CC(C)(C4)C2)C3)c1=O. The van der Waals surface area contributed by atoms with Crippen LogP contribution >= 0.6 is 11.3 Å². The topological polar surface area (TPSA) is 168 Å². The highest BCUT2D eigenvalue weighted by Gasteiger charge is 2.60. The number of anilines is 1. The average Bonchev–Trinajstić information content (AvgIpc) is 3.36. The quantitative estimate of drug-likeness (QED) is 0.262. The molecule has 2 aromatic heterocycles. The van der Waals surface area contributed by atoms with Gasteiger partial charge in [-0.3, -0.25) is 28.8 Å². The molecule has 48 heavy (non-hydrogen) atoms. The molecule has 4 N–H and O–H groups in total. The van der Waals surface area contributed by atoms with E-state index in [0.717, 1.165) is 43.1 Å². The van der Waals surface area contributed by atoms with Crippen molar-refractivity contribution < 1.29 is 37.1 Å². The molecular weight excluding hydrogens is 653 g/mol. The lowest BCUT2D eigenvalue weighted by atomic mass is 9.43. The molecule has 3 atom stereocenters. The second kappa shape index (κ2) is 12.7. The number of carbonyl (C=O) groups is 5. The number of aryl methyl sites for hydroxylation is 1. The van der Waals surface area contributed by atoms with Gasteiger partial charge in [0.2, 0.25) is 17.6 Å². The Balaban J connectivity index is 1.30. The first kappa shape index (κ1) is 35.2. The molecular formula is C32H39F3N6O6S. The van der Waals surface area contributed by atoms with Gasteiger partial charge in [0.25, 0.3) is 17.4 Å². The lowest BCUT2D eigenvalue weighted by molar-refractivity contribution is -0.140. The van der Waals surface area contributed by atoms with Crippen LogP contribution in [0.25, 0.3) is 0 Å². The smallest absolute Gasteiger partial charge is 0.353 e. The van der Waals surface area contributed by atoms with Crippen molar-refractivity contribution in [1.82, 2.24) is 25.5 Å². The number of nitrogens with one attached hydrogen (secondary N) is 4. The number of aromatic nitrogens is 2. The van der Waals surface area contributed by atoms with Gasteiger partial charge in [-0.25, -0.2) is 4.98 Å². The zero-order valence-electron chi connectivity index (χ0n) is 27.1. The maximum absolute atomic E-state index is 13.4. The Morgan fingerprint density at radius 3 is 2.33 bits per heavy atom. The first-order valence-corrected chi connectivity index (χ1v) is 16.6. The van der Waals surface area contributed by atoms with Gasteiger partial charge in [0.05, 0.1) is 5.69 Å². The molecule has 12 nitrogen and oxygen atoms in total. The van der Waals surface area contributed by atoms with Crippen molar-refractivity contribution in [3.63, 3.8) is 0 Å². The van der Waals surface area contributed by atoms with Crippen molar-refractivity contribution in [3.8, 4) is 0 Å². The zero-order valence-corrected chi connectivity index (χ0v) is 28.0. The molecule has 260 valence electrons. The highest BCUT2D eigenvalue weighted by Crippen LogP contribution is 2.66. The number of halogens is 3. The maximum Gasteiger partial charge on any atom is 0.443 e. The lowest BCUT2D eigenvalue weighted by Gasteiger charge is -2.65. The fourth-order valence-corrected chi connectivity index (χ4v) is 9.64. The number of pyridine rings is 1. The zero-order chi connectivity index (χ0) is 35.2. The number of Topliss-reactive ketones (excluding diaryl/α,β-unsaturated/α-hetero) is 1. The summed E-state index contributed by atoms with van der Waals surface area (Å²) in [6.45, 7) is 5.48. The maximum atomic E-state index is 13.4. The molecule has 4 aliphatic carbocycles. The van der Waals surface area contributed by atoms with Gasteiger partial charge in [-0.1, -0.05) is 13.8 Å². The summed E-state index contributed by atoms with van der Waals surface area (Å²) < 4.78 is 40.7. The molecule has 4 saturated carbocycles. The van der Waals surface area contributed by atoms with Crippen LogP contribution in [-0.2, 0) is 31.9 Å². The van der Waals surface area contributed by atoms with E-state index >= 15 is 0 Å². The van der Waals surface area contributed by atoms with Gasteiger partial charge in [0, 0.05) is 25.2 Å². The fraction of sp³-hybridized carbons (Fsp3) is 0.594. The van der Waals surface area contributed by atoms with E-state index in [-0.39, 0.29) is 51.5 Å². The summed E-state index contributed by atoms with van der Waals surface area (Å²) in [5.41, 5.74) is -1.14. The van der Waals surface area contributed by atoms with E-state index < -0.39 is 64.0 Å². The van der Waals surface area contributed by atoms with Gasteiger partial charge in [-0.2, -0.15) is 13.2 Å². The predicted octanol–water partition coefficient (Wildman–Crippen LogP) is 3.33. The van der Waals surface area contributed by atoms with Gasteiger partial charge in [0.15, 0.2) is 5.01 Å². The fourth-order valence-electron chi connectivity index (χ4n) is 8.80. The number of amides is 4. The third-order valence-electron chi connectivity index (χ3n) is 9.63. The van der Waals surface area contributed by atoms with Crippen LogP contribution in [0.15, 0.2) is 23.1 Å². The summed E-state index contributed by atoms with van der Waals surface area (Å²) >= 11 is 0.0923. The van der Waals surface area contributed by atoms with E-state index in [1.807, 2.05) is 0 Å². The molecule has 2 unspecified atom stereocenters. The van der Waals surface area contributed by atoms with E-state index in [1.165, 1.54) is 32.3 Å². The molecule has 4 aliphatic rings. The number of hydrogen-bond acceptors (Lipinski definition) is 8. The van der Waals surface area contributed by atoms with E-state index in [0.29, 0.717) is 5.92 Å². The first-order valence-electron chi connectivity index (χ1n) is 15.7. The molecule has 0 aromatic carbocycles. The van der Waals surface area contributed by atoms with Crippen molar-refractivity contribution >= 4 is 46.4 Å². The summed E-state index contributed by atoms with van der Waals surface area (Å²) in [7, 11) is 1.24. The third kappa shape index (κ3) is 7.47. The van der Waals surface area contributed by atoms with Crippen molar-refractivity contribution in [2.75, 3.05) is 12.4 Å². The standard InChI is InChI=1S/C32H39F3N6O6S/c1-17-23(48-28(37-17)32(33,34)35)26(46)38-19(7-8-21(42)25(45)36-4)24(44)39-20-6-5-9-41(27(20)47)13-22(43)40-31-12-18-10-29(2,15-31)14-30(3,11-18)16-31/h5-6,9,18-19H,7-8,10-16H2,1-4H3,(H,36,45)(H,38,46)(H,39,44)(H,40,43)/t18?,19-,29?,30?,31?/m0/s1. The Bertz CT molecular complexity index is 1700. The molecule has 2 heterocycles. The van der Waals surface area contributed by atoms with Crippen LogP contribution in [-0.4, -0.2) is 57.6 Å². The summed E-state index contributed by atoms with van der Waals surface area (Å²) in [5, 5.41) is 8.87. The summed E-state index contributed by atoms with van der Waals surface area (Å²) in [6.07, 6.45) is 1.84. The van der Waals surface area contributed by atoms with Gasteiger partial charge in [-0.15, -0.1) is 11.3 Å². The number of carbonyl (C=O) groups excluding carboxylic acids is 5. The summed E-state index contributed by atoms with van der Waals surface area (Å²) in [4.78, 5) is 80.0. The molecule has 0 radical (unpaired) electrons. The minimum absolute atomic E-state index is 0.0923. The molecule has 6 rings (SSSR count). The van der Waals surface area contributed by atoms with Crippen LogP contribution in [0.3, 0.4) is 0 Å². The highest BCUT2D eigenvalue weighted by atomic mass is 32.1. The number of rotatable bonds is 11. The van der Waals surface area contributed by atoms with Crippen molar-refractivity contribution in [3.05, 3.63) is 44.3 Å². The molecule has 2 aromatic rings. The number of nitrogens with zero attached hydrogens (tertiary/aromatic N) is 2. The average molecular weight is 693 g/mol. The van der Waals surface area contributed by atoms with E-state index in [4.69, 9.17) is 0 Å². The Labute approximate surface area is 278 Å². The number of ketones is 1. The van der Waals surface area contributed by atoms with E-state index in [1.54, 1.807) is 0 Å². The van der Waals surface area contributed by atoms with Crippen LogP contribution in [0.1, 0.15) is 85.6 Å². The summed E-state index contributed by atoms with van der Waals surface area (Å²) in [6, 6.07) is 1.23. The minimum Gasteiger partial charge on any atom is -0.353 e. The minimum atomic E-state index is -4.79. The van der Waals surface area contributed by atoms with E-state index in [2.05, 4.69) is 40.1 Å². The monoisotopic (exact) mass is 692 g/mol. The molecule has 0 aliphatic heterocycles. The van der Waals surface area contributed by atoms with Crippen molar-refractivity contribution in [1.29, 1.82) is 0 Å². The largest absolute Gasteiger partial charge is 0.443 e. The third-order valence-corrected chi connectivity index (χ3v) is 10.8. The van der Waals surface area contributed by atoms with Gasteiger partial charge < -0.3 is 25.8 Å². The molecule has 4 amide bonds. The second-order valence-electron chi connectivity index (χ2n) is 14.3. The molecule has 16 heteroatoms. The molecule has 0 saturated heterocycles. The van der Waals surface area contributed by atoms with Crippen LogP contribution in [0, 0.1) is 23.7 Å². The number of thiazole rings is 1. The lowest BCUT2D eigenvalue weighted by Crippen LogP contribution is -2.65. The van der Waals surface area contributed by atoms with E-state index in [9.17, 15) is 41.9 Å². The Kier molecular flexibility index (Phi) is 9.36. The Morgan fingerprint density at radius 1 is 1.08 bits per heavy atom. The van der Waals surface area contributed by atoms with Crippen LogP contribution in [0.4, 0.5) is 18.9 Å². The Hall–Kier alpha value is -4.08. The normalized spacial score (nSPS) is 26.4. The van der Waals surface area contributed by atoms with Gasteiger partial charge >= 0.3 is 6.18 Å². The van der Waals surface area contributed by atoms with Gasteiger partial charge in [-0.05, 0) is 80.8 Å². The predicted molar refractivity (Wildman–Crippen MR) is 169 cm³/mol. The second-order valence-corrected chi connectivity index (χ2v) is 15.3. The van der Waals surface area contributed by atoms with Crippen LogP contribution < -0.4 is 26.8 Å². The van der Waals surface area contributed by atoms with Gasteiger partial charge in [0.1, 0.15) is 23.2 Å². The molecule has 0 spiro atoms. The van der Waals surface area contributed by atoms with Crippen LogP contribution in [0.5, 0.6) is 0 Å². The highest BCUT2D eigenvalue weighted by molar-refractivity contribution is 7.13. The molecule has 4 bridgehead atoms. The first-order chi connectivity index (χ1) is 22.3. The number of likely N-dealkylation sites (N-methyl/N-ethyl adjacent to an activating group) is 1. The molecule has 4 fully saturated rings. The number of alkyl halides is 3. The summed E-state index contributed by atoms with van der Waals surface area (Å²) in [5.74, 6) is -3.62. The van der Waals surface area contributed by atoms with Crippen molar-refractivity contribution in [2.24, 2.45) is 16.7 Å². The van der Waals surface area contributed by atoms with Crippen molar-refractivity contribution in [2.45, 2.75) is 96.4 Å². The van der Waals surface area contributed by atoms with Crippen LogP contribution in [0.2, 0.25) is 0 Å². The Morgan fingerprint density at radius 2 is 1.75 bits per heavy atom. The number of hydrogen-bond donors (Lipinski definition) is 4.